The first-order chi connectivity index (χ1) is 10.8. The predicted octanol–water partition coefficient (Wildman–Crippen LogP) is 3.17. The van der Waals surface area contributed by atoms with Crippen molar-refractivity contribution in [1.82, 2.24) is 20.2 Å². The van der Waals surface area contributed by atoms with Crippen molar-refractivity contribution in [3.63, 3.8) is 0 Å². The van der Waals surface area contributed by atoms with Crippen molar-refractivity contribution in [3.8, 4) is 11.4 Å². The number of benzene rings is 2. The van der Waals surface area contributed by atoms with Gasteiger partial charge < -0.3 is 5.11 Å². The molecule has 0 fully saturated rings. The van der Waals surface area contributed by atoms with Crippen molar-refractivity contribution in [2.24, 2.45) is 0 Å². The van der Waals surface area contributed by atoms with Crippen molar-refractivity contribution in [2.45, 2.75) is 5.16 Å². The lowest BCUT2D eigenvalue weighted by molar-refractivity contribution is 0.475. The normalized spacial score (nSPS) is 11.1. The van der Waals surface area contributed by atoms with Gasteiger partial charge in [0.15, 0.2) is 0 Å². The van der Waals surface area contributed by atoms with Crippen LogP contribution in [0.5, 0.6) is 5.75 Å². The van der Waals surface area contributed by atoms with E-state index >= 15 is 0 Å². The SMILES string of the molecule is Oc1ccc(-n2nnnc2SCC=Cc2ccccc2)cc1. The van der Waals surface area contributed by atoms with E-state index in [-0.39, 0.29) is 5.75 Å². The van der Waals surface area contributed by atoms with Crippen molar-refractivity contribution in [2.75, 3.05) is 5.75 Å². The molecule has 1 aromatic heterocycles. The quantitative estimate of drug-likeness (QED) is 0.733. The molecule has 3 aromatic rings. The first-order valence-corrected chi connectivity index (χ1v) is 7.74. The highest BCUT2D eigenvalue weighted by atomic mass is 32.2. The fourth-order valence-corrected chi connectivity index (χ4v) is 2.60. The summed E-state index contributed by atoms with van der Waals surface area (Å²) in [6.45, 7) is 0. The van der Waals surface area contributed by atoms with Crippen LogP contribution in [0.15, 0.2) is 65.8 Å². The third kappa shape index (κ3) is 3.53. The van der Waals surface area contributed by atoms with Crippen LogP contribution in [0.4, 0.5) is 0 Å². The van der Waals surface area contributed by atoms with E-state index in [9.17, 15) is 5.11 Å². The molecule has 0 amide bonds. The summed E-state index contributed by atoms with van der Waals surface area (Å²) in [6, 6.07) is 16.9. The van der Waals surface area contributed by atoms with Gasteiger partial charge in [-0.3, -0.25) is 0 Å². The molecule has 5 nitrogen and oxygen atoms in total. The summed E-state index contributed by atoms with van der Waals surface area (Å²) in [7, 11) is 0. The third-order valence-corrected chi connectivity index (χ3v) is 3.83. The number of phenolic OH excluding ortho intramolecular Hbond substituents is 1. The number of rotatable bonds is 5. The second-order valence-corrected chi connectivity index (χ2v) is 5.50. The topological polar surface area (TPSA) is 63.8 Å². The summed E-state index contributed by atoms with van der Waals surface area (Å²) >= 11 is 1.55. The first kappa shape index (κ1) is 14.3. The first-order valence-electron chi connectivity index (χ1n) is 6.75. The summed E-state index contributed by atoms with van der Waals surface area (Å²) in [5, 5.41) is 21.8. The average Bonchev–Trinajstić information content (AvgIpc) is 3.02. The largest absolute Gasteiger partial charge is 0.508 e. The number of aromatic hydroxyl groups is 1. The van der Waals surface area contributed by atoms with Gasteiger partial charge >= 0.3 is 0 Å². The molecule has 0 aliphatic rings. The van der Waals surface area contributed by atoms with Crippen molar-refractivity contribution < 1.29 is 5.11 Å². The summed E-state index contributed by atoms with van der Waals surface area (Å²) in [6.07, 6.45) is 4.15. The summed E-state index contributed by atoms with van der Waals surface area (Å²) in [5.41, 5.74) is 1.98. The molecule has 0 unspecified atom stereocenters. The molecule has 3 rings (SSSR count). The molecule has 1 heterocycles. The van der Waals surface area contributed by atoms with Crippen LogP contribution in [0.1, 0.15) is 5.56 Å². The van der Waals surface area contributed by atoms with Gasteiger partial charge in [0.2, 0.25) is 5.16 Å². The van der Waals surface area contributed by atoms with Crippen LogP contribution in [0.25, 0.3) is 11.8 Å². The van der Waals surface area contributed by atoms with Crippen molar-refractivity contribution >= 4 is 17.8 Å². The Bertz CT molecular complexity index is 753. The maximum atomic E-state index is 9.33. The maximum absolute atomic E-state index is 9.33. The fraction of sp³-hybridized carbons (Fsp3) is 0.0625. The monoisotopic (exact) mass is 310 g/mol. The summed E-state index contributed by atoms with van der Waals surface area (Å²) in [4.78, 5) is 0. The van der Waals surface area contributed by atoms with Gasteiger partial charge in [-0.15, -0.1) is 5.10 Å². The molecule has 0 aliphatic carbocycles. The predicted molar refractivity (Wildman–Crippen MR) is 87.0 cm³/mol. The minimum Gasteiger partial charge on any atom is -0.508 e. The van der Waals surface area contributed by atoms with Crippen LogP contribution < -0.4 is 0 Å². The minimum atomic E-state index is 0.219. The Kier molecular flexibility index (Phi) is 4.50. The van der Waals surface area contributed by atoms with Crippen LogP contribution in [0, 0.1) is 0 Å². The van der Waals surface area contributed by atoms with E-state index in [1.807, 2.05) is 18.2 Å². The van der Waals surface area contributed by atoms with Gasteiger partial charge in [-0.25, -0.2) is 0 Å². The van der Waals surface area contributed by atoms with E-state index in [0.29, 0.717) is 5.16 Å². The van der Waals surface area contributed by atoms with E-state index in [1.54, 1.807) is 40.7 Å². The average molecular weight is 310 g/mol. The highest BCUT2D eigenvalue weighted by Gasteiger charge is 2.07. The second kappa shape index (κ2) is 6.91. The smallest absolute Gasteiger partial charge is 0.214 e. The molecular formula is C16H14N4OS. The van der Waals surface area contributed by atoms with E-state index in [2.05, 4.69) is 39.8 Å². The zero-order valence-electron chi connectivity index (χ0n) is 11.7. The molecule has 0 spiro atoms. The number of hydrogen-bond acceptors (Lipinski definition) is 5. The van der Waals surface area contributed by atoms with Crippen LogP contribution in [-0.4, -0.2) is 31.1 Å². The number of thioether (sulfide) groups is 1. The highest BCUT2D eigenvalue weighted by Crippen LogP contribution is 2.20. The van der Waals surface area contributed by atoms with Crippen LogP contribution in [0.3, 0.4) is 0 Å². The van der Waals surface area contributed by atoms with Gasteiger partial charge in [-0.1, -0.05) is 54.2 Å². The lowest BCUT2D eigenvalue weighted by Crippen LogP contribution is -1.98. The van der Waals surface area contributed by atoms with E-state index in [4.69, 9.17) is 0 Å². The lowest BCUT2D eigenvalue weighted by atomic mass is 10.2. The Morgan fingerprint density at radius 2 is 1.82 bits per heavy atom. The summed E-state index contributed by atoms with van der Waals surface area (Å²) in [5.74, 6) is 0.990. The van der Waals surface area contributed by atoms with Gasteiger partial charge in [0.25, 0.3) is 0 Å². The molecule has 0 bridgehead atoms. The molecule has 0 atom stereocenters. The van der Waals surface area contributed by atoms with Gasteiger partial charge in [0, 0.05) is 5.75 Å². The molecule has 1 N–H and O–H groups in total. The van der Waals surface area contributed by atoms with Gasteiger partial charge in [0.1, 0.15) is 5.75 Å². The van der Waals surface area contributed by atoms with Crippen LogP contribution >= 0.6 is 11.8 Å². The zero-order chi connectivity index (χ0) is 15.2. The molecular weight excluding hydrogens is 296 g/mol. The molecule has 0 saturated carbocycles. The lowest BCUT2D eigenvalue weighted by Gasteiger charge is -2.03. The van der Waals surface area contributed by atoms with E-state index < -0.39 is 0 Å². The molecule has 0 aliphatic heterocycles. The Labute approximate surface area is 132 Å². The molecule has 2 aromatic carbocycles. The number of phenols is 1. The Morgan fingerprint density at radius 3 is 2.59 bits per heavy atom. The van der Waals surface area contributed by atoms with Gasteiger partial charge in [-0.2, -0.15) is 4.68 Å². The maximum Gasteiger partial charge on any atom is 0.214 e. The van der Waals surface area contributed by atoms with Crippen LogP contribution in [0.2, 0.25) is 0 Å². The standard InChI is InChI=1S/C16H14N4OS/c21-15-10-8-14(9-11-15)20-16(17-18-19-20)22-12-4-7-13-5-2-1-3-6-13/h1-11,21H,12H2. The Morgan fingerprint density at radius 1 is 1.05 bits per heavy atom. The Hall–Kier alpha value is -2.60. The van der Waals surface area contributed by atoms with Crippen molar-refractivity contribution in [3.05, 3.63) is 66.2 Å². The summed E-state index contributed by atoms with van der Waals surface area (Å²) < 4.78 is 1.65. The number of nitrogens with zero attached hydrogens (tertiary/aromatic N) is 4. The van der Waals surface area contributed by atoms with Gasteiger partial charge in [0.05, 0.1) is 5.69 Å². The molecule has 0 radical (unpaired) electrons. The number of tetrazole rings is 1. The second-order valence-electron chi connectivity index (χ2n) is 4.51. The molecule has 0 saturated heterocycles. The van der Waals surface area contributed by atoms with E-state index in [1.165, 1.54) is 5.56 Å². The molecule has 110 valence electrons. The highest BCUT2D eigenvalue weighted by molar-refractivity contribution is 7.99. The van der Waals surface area contributed by atoms with Crippen LogP contribution in [-0.2, 0) is 0 Å². The third-order valence-electron chi connectivity index (χ3n) is 2.95. The van der Waals surface area contributed by atoms with E-state index in [0.717, 1.165) is 11.4 Å². The van der Waals surface area contributed by atoms with Crippen molar-refractivity contribution in [1.29, 1.82) is 0 Å². The minimum absolute atomic E-state index is 0.219. The number of aromatic nitrogens is 4. The molecule has 6 heteroatoms. The molecule has 22 heavy (non-hydrogen) atoms. The Balaban J connectivity index is 1.66. The van der Waals surface area contributed by atoms with Gasteiger partial charge in [-0.05, 0) is 40.3 Å². The zero-order valence-corrected chi connectivity index (χ0v) is 12.5. The number of hydrogen-bond donors (Lipinski definition) is 1. The fourth-order valence-electron chi connectivity index (χ4n) is 1.90.